The Labute approximate surface area is 130 Å². The van der Waals surface area contributed by atoms with Gasteiger partial charge in [-0.3, -0.25) is 10.1 Å². The van der Waals surface area contributed by atoms with Crippen LogP contribution in [0.15, 0.2) is 42.5 Å². The molecule has 118 valence electrons. The molecule has 8 heteroatoms. The van der Waals surface area contributed by atoms with Gasteiger partial charge in [0.25, 0.3) is 5.69 Å². The van der Waals surface area contributed by atoms with E-state index in [2.05, 4.69) is 4.74 Å². The first-order valence-corrected chi connectivity index (χ1v) is 6.31. The monoisotopic (exact) mass is 317 g/mol. The molecule has 0 aliphatic rings. The van der Waals surface area contributed by atoms with Crippen LogP contribution in [-0.4, -0.2) is 29.1 Å². The maximum absolute atomic E-state index is 12.1. The van der Waals surface area contributed by atoms with E-state index in [0.717, 1.165) is 25.3 Å². The summed E-state index contributed by atoms with van der Waals surface area (Å²) in [6, 6.07) is 8.76. The highest BCUT2D eigenvalue weighted by Crippen LogP contribution is 2.27. The van der Waals surface area contributed by atoms with Gasteiger partial charge in [-0.05, 0) is 18.2 Å². The second-order valence-electron chi connectivity index (χ2n) is 4.34. The maximum atomic E-state index is 12.1. The van der Waals surface area contributed by atoms with Crippen molar-refractivity contribution >= 4 is 17.6 Å². The van der Waals surface area contributed by atoms with Crippen molar-refractivity contribution in [1.82, 2.24) is 0 Å². The summed E-state index contributed by atoms with van der Waals surface area (Å²) in [7, 11) is 1.12. The molecular formula is C15H11NO7. The molecule has 0 spiro atoms. The molecule has 2 aromatic rings. The fourth-order valence-corrected chi connectivity index (χ4v) is 1.79. The fraction of sp³-hybridized carbons (Fsp3) is 0.0667. The predicted octanol–water partition coefficient (Wildman–Crippen LogP) is 2.31. The number of nitro benzene ring substituents is 1. The summed E-state index contributed by atoms with van der Waals surface area (Å²) in [6.45, 7) is 0. The second-order valence-corrected chi connectivity index (χ2v) is 4.34. The Balaban J connectivity index is 2.42. The average molecular weight is 317 g/mol. The van der Waals surface area contributed by atoms with E-state index >= 15 is 0 Å². The van der Waals surface area contributed by atoms with Crippen LogP contribution in [0.5, 0.6) is 11.5 Å². The van der Waals surface area contributed by atoms with Crippen molar-refractivity contribution in [3.63, 3.8) is 0 Å². The number of ether oxygens (including phenoxy) is 2. The van der Waals surface area contributed by atoms with E-state index in [-0.39, 0.29) is 28.3 Å². The summed E-state index contributed by atoms with van der Waals surface area (Å²) < 4.78 is 9.56. The maximum Gasteiger partial charge on any atom is 0.347 e. The van der Waals surface area contributed by atoms with Crippen LogP contribution >= 0.6 is 0 Å². The number of hydrogen-bond donors (Lipinski definition) is 1. The van der Waals surface area contributed by atoms with Gasteiger partial charge in [0.05, 0.1) is 18.1 Å². The van der Waals surface area contributed by atoms with Crippen LogP contribution in [0, 0.1) is 10.1 Å². The molecular weight excluding hydrogens is 306 g/mol. The Morgan fingerprint density at radius 3 is 2.39 bits per heavy atom. The highest BCUT2D eigenvalue weighted by molar-refractivity contribution is 5.97. The molecule has 0 heterocycles. The van der Waals surface area contributed by atoms with E-state index < -0.39 is 16.9 Å². The van der Waals surface area contributed by atoms with Gasteiger partial charge in [-0.2, -0.15) is 0 Å². The van der Waals surface area contributed by atoms with Crippen molar-refractivity contribution in [3.05, 3.63) is 63.7 Å². The van der Waals surface area contributed by atoms with Crippen molar-refractivity contribution in [2.45, 2.75) is 0 Å². The number of non-ortho nitro benzene ring substituents is 1. The van der Waals surface area contributed by atoms with Crippen LogP contribution < -0.4 is 4.74 Å². The quantitative estimate of drug-likeness (QED) is 0.398. The third-order valence-corrected chi connectivity index (χ3v) is 2.91. The van der Waals surface area contributed by atoms with Crippen LogP contribution in [0.1, 0.15) is 20.7 Å². The minimum atomic E-state index is -0.964. The van der Waals surface area contributed by atoms with Gasteiger partial charge in [-0.15, -0.1) is 0 Å². The molecule has 0 bridgehead atoms. The first-order valence-electron chi connectivity index (χ1n) is 6.31. The van der Waals surface area contributed by atoms with Crippen LogP contribution in [-0.2, 0) is 4.74 Å². The fourth-order valence-electron chi connectivity index (χ4n) is 1.79. The SMILES string of the molecule is COC(=O)c1ccc([N+](=O)[O-])cc1OC(=O)c1ccccc1O. The Morgan fingerprint density at radius 1 is 1.09 bits per heavy atom. The highest BCUT2D eigenvalue weighted by Gasteiger charge is 2.21. The van der Waals surface area contributed by atoms with E-state index in [1.807, 2.05) is 0 Å². The zero-order chi connectivity index (χ0) is 17.0. The second kappa shape index (κ2) is 6.56. The molecule has 0 saturated carbocycles. The van der Waals surface area contributed by atoms with Gasteiger partial charge in [0, 0.05) is 6.07 Å². The normalized spacial score (nSPS) is 9.96. The molecule has 0 aliphatic heterocycles. The van der Waals surface area contributed by atoms with Gasteiger partial charge in [-0.25, -0.2) is 9.59 Å². The number of methoxy groups -OCH3 is 1. The number of rotatable bonds is 4. The number of aromatic hydroxyl groups is 1. The van der Waals surface area contributed by atoms with Gasteiger partial charge in [0.2, 0.25) is 0 Å². The zero-order valence-electron chi connectivity index (χ0n) is 11.9. The number of carbonyl (C=O) groups is 2. The molecule has 0 unspecified atom stereocenters. The number of nitro groups is 1. The lowest BCUT2D eigenvalue weighted by atomic mass is 10.1. The molecule has 0 aromatic heterocycles. The molecule has 0 fully saturated rings. The lowest BCUT2D eigenvalue weighted by Gasteiger charge is -2.09. The molecule has 23 heavy (non-hydrogen) atoms. The van der Waals surface area contributed by atoms with Gasteiger partial charge >= 0.3 is 11.9 Å². The number of nitrogens with zero attached hydrogens (tertiary/aromatic N) is 1. The molecule has 1 N–H and O–H groups in total. The number of carbonyl (C=O) groups excluding carboxylic acids is 2. The van der Waals surface area contributed by atoms with Crippen LogP contribution in [0.3, 0.4) is 0 Å². The van der Waals surface area contributed by atoms with E-state index in [0.29, 0.717) is 0 Å². The number of hydrogen-bond acceptors (Lipinski definition) is 7. The lowest BCUT2D eigenvalue weighted by molar-refractivity contribution is -0.384. The van der Waals surface area contributed by atoms with Crippen molar-refractivity contribution < 1.29 is 29.1 Å². The predicted molar refractivity (Wildman–Crippen MR) is 77.5 cm³/mol. The smallest absolute Gasteiger partial charge is 0.347 e. The third-order valence-electron chi connectivity index (χ3n) is 2.91. The number of esters is 2. The Hall–Kier alpha value is -3.42. The van der Waals surface area contributed by atoms with Gasteiger partial charge in [0.15, 0.2) is 5.75 Å². The van der Waals surface area contributed by atoms with Crippen molar-refractivity contribution in [2.24, 2.45) is 0 Å². The Kier molecular flexibility index (Phi) is 4.55. The first-order chi connectivity index (χ1) is 10.9. The van der Waals surface area contributed by atoms with Gasteiger partial charge in [-0.1, -0.05) is 12.1 Å². The summed E-state index contributed by atoms with van der Waals surface area (Å²) in [5.74, 6) is -2.43. The molecule has 0 radical (unpaired) electrons. The largest absolute Gasteiger partial charge is 0.507 e. The van der Waals surface area contributed by atoms with E-state index in [4.69, 9.17) is 4.74 Å². The first kappa shape index (κ1) is 16.0. The summed E-state index contributed by atoms with van der Waals surface area (Å²) in [4.78, 5) is 33.9. The number of para-hydroxylation sites is 1. The Bertz CT molecular complexity index is 785. The van der Waals surface area contributed by atoms with E-state index in [9.17, 15) is 24.8 Å². The van der Waals surface area contributed by atoms with Crippen LogP contribution in [0.4, 0.5) is 5.69 Å². The standard InChI is InChI=1S/C15H11NO7/c1-22-14(18)11-7-6-9(16(20)21)8-13(11)23-15(19)10-4-2-3-5-12(10)17/h2-8,17H,1H3. The summed E-state index contributed by atoms with van der Waals surface area (Å²) in [5.41, 5.74) is -0.658. The van der Waals surface area contributed by atoms with E-state index in [1.165, 1.54) is 24.3 Å². The molecule has 0 aliphatic carbocycles. The third kappa shape index (κ3) is 3.43. The van der Waals surface area contributed by atoms with Crippen molar-refractivity contribution in [3.8, 4) is 11.5 Å². The van der Waals surface area contributed by atoms with Gasteiger partial charge < -0.3 is 14.6 Å². The minimum Gasteiger partial charge on any atom is -0.507 e. The topological polar surface area (TPSA) is 116 Å². The van der Waals surface area contributed by atoms with E-state index in [1.54, 1.807) is 0 Å². The zero-order valence-corrected chi connectivity index (χ0v) is 11.9. The summed E-state index contributed by atoms with van der Waals surface area (Å²) in [6.07, 6.45) is 0. The van der Waals surface area contributed by atoms with Crippen molar-refractivity contribution in [2.75, 3.05) is 7.11 Å². The lowest BCUT2D eigenvalue weighted by Crippen LogP contribution is -2.12. The number of phenols is 1. The summed E-state index contributed by atoms with van der Waals surface area (Å²) in [5, 5.41) is 20.4. The van der Waals surface area contributed by atoms with Crippen LogP contribution in [0.25, 0.3) is 0 Å². The van der Waals surface area contributed by atoms with Crippen LogP contribution in [0.2, 0.25) is 0 Å². The average Bonchev–Trinajstić information content (AvgIpc) is 2.54. The molecule has 2 rings (SSSR count). The van der Waals surface area contributed by atoms with Crippen molar-refractivity contribution in [1.29, 1.82) is 0 Å². The molecule has 8 nitrogen and oxygen atoms in total. The molecule has 0 atom stereocenters. The minimum absolute atomic E-state index is 0.144. The molecule has 0 saturated heterocycles. The Morgan fingerprint density at radius 2 is 1.78 bits per heavy atom. The molecule has 2 aromatic carbocycles. The molecule has 0 amide bonds. The number of phenolic OH excluding ortho intramolecular Hbond substituents is 1. The van der Waals surface area contributed by atoms with Gasteiger partial charge in [0.1, 0.15) is 16.9 Å². The number of benzene rings is 2. The highest BCUT2D eigenvalue weighted by atomic mass is 16.6. The summed E-state index contributed by atoms with van der Waals surface area (Å²) >= 11 is 0.